The van der Waals surface area contributed by atoms with Gasteiger partial charge in [0.2, 0.25) is 0 Å². The SMILES string of the molecule is CCn1ncnc1CC(N)(CC)COC. The van der Waals surface area contributed by atoms with E-state index < -0.39 is 0 Å². The minimum absolute atomic E-state index is 0.339. The fraction of sp³-hybridized carbons (Fsp3) is 0.800. The Kier molecular flexibility index (Phi) is 4.23. The molecule has 1 atom stereocenters. The number of aromatic nitrogens is 3. The van der Waals surface area contributed by atoms with E-state index in [1.54, 1.807) is 13.4 Å². The maximum atomic E-state index is 6.22. The third-order valence-corrected chi connectivity index (χ3v) is 2.64. The van der Waals surface area contributed by atoms with E-state index in [1.807, 2.05) is 11.6 Å². The first-order chi connectivity index (χ1) is 7.15. The summed E-state index contributed by atoms with van der Waals surface area (Å²) in [6.45, 7) is 5.46. The summed E-state index contributed by atoms with van der Waals surface area (Å²) in [6, 6.07) is 0. The number of methoxy groups -OCH3 is 1. The lowest BCUT2D eigenvalue weighted by molar-refractivity contribution is 0.127. The normalized spacial score (nSPS) is 15.2. The Balaban J connectivity index is 2.74. The largest absolute Gasteiger partial charge is 0.383 e. The molecule has 15 heavy (non-hydrogen) atoms. The van der Waals surface area contributed by atoms with Gasteiger partial charge in [0, 0.05) is 25.6 Å². The van der Waals surface area contributed by atoms with Gasteiger partial charge in [0.1, 0.15) is 12.2 Å². The summed E-state index contributed by atoms with van der Waals surface area (Å²) >= 11 is 0. The van der Waals surface area contributed by atoms with Crippen molar-refractivity contribution in [1.82, 2.24) is 14.8 Å². The Bertz CT molecular complexity index is 299. The van der Waals surface area contributed by atoms with Crippen LogP contribution in [0.15, 0.2) is 6.33 Å². The molecule has 86 valence electrons. The first kappa shape index (κ1) is 12.1. The topological polar surface area (TPSA) is 66.0 Å². The molecule has 0 radical (unpaired) electrons. The molecular weight excluding hydrogens is 192 g/mol. The standard InChI is InChI=1S/C10H20N4O/c1-4-10(11,7-15-3)6-9-12-8-13-14(9)5-2/h8H,4-7,11H2,1-3H3. The van der Waals surface area contributed by atoms with Crippen LogP contribution in [0.3, 0.4) is 0 Å². The molecule has 2 N–H and O–H groups in total. The Hall–Kier alpha value is -0.940. The van der Waals surface area contributed by atoms with Gasteiger partial charge in [-0.1, -0.05) is 6.92 Å². The molecule has 0 saturated heterocycles. The Morgan fingerprint density at radius 3 is 2.80 bits per heavy atom. The zero-order chi connectivity index (χ0) is 11.3. The van der Waals surface area contributed by atoms with Crippen LogP contribution in [-0.2, 0) is 17.7 Å². The van der Waals surface area contributed by atoms with Gasteiger partial charge in [-0.3, -0.25) is 4.68 Å². The van der Waals surface area contributed by atoms with Crippen molar-refractivity contribution in [2.24, 2.45) is 5.73 Å². The highest BCUT2D eigenvalue weighted by Gasteiger charge is 2.25. The predicted octanol–water partition coefficient (Wildman–Crippen LogP) is 0.594. The molecular formula is C10H20N4O. The van der Waals surface area contributed by atoms with E-state index >= 15 is 0 Å². The fourth-order valence-electron chi connectivity index (χ4n) is 1.57. The number of aryl methyl sites for hydroxylation is 1. The first-order valence-corrected chi connectivity index (χ1v) is 5.29. The van der Waals surface area contributed by atoms with Gasteiger partial charge in [-0.2, -0.15) is 5.10 Å². The zero-order valence-corrected chi connectivity index (χ0v) is 9.73. The van der Waals surface area contributed by atoms with Gasteiger partial charge in [0.15, 0.2) is 0 Å². The van der Waals surface area contributed by atoms with Gasteiger partial charge in [0.25, 0.3) is 0 Å². The summed E-state index contributed by atoms with van der Waals surface area (Å²) in [4.78, 5) is 4.22. The van der Waals surface area contributed by atoms with Crippen molar-refractivity contribution < 1.29 is 4.74 Å². The molecule has 5 heteroatoms. The molecule has 0 aromatic carbocycles. The van der Waals surface area contributed by atoms with Gasteiger partial charge >= 0.3 is 0 Å². The Morgan fingerprint density at radius 2 is 2.27 bits per heavy atom. The molecule has 0 spiro atoms. The molecule has 0 aliphatic rings. The van der Waals surface area contributed by atoms with Crippen LogP contribution < -0.4 is 5.73 Å². The summed E-state index contributed by atoms with van der Waals surface area (Å²) in [5.41, 5.74) is 5.88. The summed E-state index contributed by atoms with van der Waals surface area (Å²) in [5, 5.41) is 4.12. The minimum atomic E-state index is -0.339. The second-order valence-electron chi connectivity index (χ2n) is 3.82. The van der Waals surface area contributed by atoms with Gasteiger partial charge in [-0.15, -0.1) is 0 Å². The highest BCUT2D eigenvalue weighted by molar-refractivity contribution is 4.97. The lowest BCUT2D eigenvalue weighted by Gasteiger charge is -2.26. The molecule has 1 heterocycles. The molecule has 0 aliphatic heterocycles. The number of rotatable bonds is 6. The predicted molar refractivity (Wildman–Crippen MR) is 58.5 cm³/mol. The number of nitrogens with zero attached hydrogens (tertiary/aromatic N) is 3. The van der Waals surface area contributed by atoms with E-state index in [9.17, 15) is 0 Å². The highest BCUT2D eigenvalue weighted by atomic mass is 16.5. The Morgan fingerprint density at radius 1 is 1.53 bits per heavy atom. The zero-order valence-electron chi connectivity index (χ0n) is 9.73. The van der Waals surface area contributed by atoms with Crippen molar-refractivity contribution in [3.8, 4) is 0 Å². The molecule has 0 bridgehead atoms. The van der Waals surface area contributed by atoms with Crippen molar-refractivity contribution in [3.05, 3.63) is 12.2 Å². The van der Waals surface area contributed by atoms with Gasteiger partial charge in [0.05, 0.1) is 6.61 Å². The van der Waals surface area contributed by atoms with E-state index in [0.29, 0.717) is 13.0 Å². The molecule has 0 aliphatic carbocycles. The molecule has 0 amide bonds. The number of nitrogens with two attached hydrogens (primary N) is 1. The van der Waals surface area contributed by atoms with Gasteiger partial charge in [-0.25, -0.2) is 4.98 Å². The van der Waals surface area contributed by atoms with Crippen LogP contribution in [0.25, 0.3) is 0 Å². The smallest absolute Gasteiger partial charge is 0.138 e. The number of hydrogen-bond acceptors (Lipinski definition) is 4. The van der Waals surface area contributed by atoms with Crippen molar-refractivity contribution in [1.29, 1.82) is 0 Å². The van der Waals surface area contributed by atoms with E-state index in [4.69, 9.17) is 10.5 Å². The second kappa shape index (κ2) is 5.23. The van der Waals surface area contributed by atoms with Crippen molar-refractivity contribution in [2.45, 2.75) is 38.8 Å². The van der Waals surface area contributed by atoms with Crippen molar-refractivity contribution in [2.75, 3.05) is 13.7 Å². The summed E-state index contributed by atoms with van der Waals surface area (Å²) in [6.07, 6.45) is 3.13. The van der Waals surface area contributed by atoms with Crippen LogP contribution in [-0.4, -0.2) is 34.0 Å². The van der Waals surface area contributed by atoms with Gasteiger partial charge in [-0.05, 0) is 13.3 Å². The lowest BCUT2D eigenvalue weighted by Crippen LogP contribution is -2.46. The summed E-state index contributed by atoms with van der Waals surface area (Å²) < 4.78 is 7.01. The van der Waals surface area contributed by atoms with Crippen LogP contribution >= 0.6 is 0 Å². The lowest BCUT2D eigenvalue weighted by atomic mass is 9.94. The van der Waals surface area contributed by atoms with Crippen LogP contribution in [0, 0.1) is 0 Å². The maximum Gasteiger partial charge on any atom is 0.138 e. The van der Waals surface area contributed by atoms with E-state index in [0.717, 1.165) is 18.8 Å². The maximum absolute atomic E-state index is 6.22. The molecule has 0 fully saturated rings. The minimum Gasteiger partial charge on any atom is -0.383 e. The summed E-state index contributed by atoms with van der Waals surface area (Å²) in [5.74, 6) is 0.930. The average molecular weight is 212 g/mol. The highest BCUT2D eigenvalue weighted by Crippen LogP contribution is 2.13. The molecule has 5 nitrogen and oxygen atoms in total. The van der Waals surface area contributed by atoms with Crippen molar-refractivity contribution in [3.63, 3.8) is 0 Å². The second-order valence-corrected chi connectivity index (χ2v) is 3.82. The fourth-order valence-corrected chi connectivity index (χ4v) is 1.57. The van der Waals surface area contributed by atoms with Gasteiger partial charge < -0.3 is 10.5 Å². The van der Waals surface area contributed by atoms with Crippen LogP contribution in [0.2, 0.25) is 0 Å². The van der Waals surface area contributed by atoms with Crippen molar-refractivity contribution >= 4 is 0 Å². The third kappa shape index (κ3) is 3.00. The van der Waals surface area contributed by atoms with Crippen LogP contribution in [0.1, 0.15) is 26.1 Å². The number of hydrogen-bond donors (Lipinski definition) is 1. The quantitative estimate of drug-likeness (QED) is 0.749. The molecule has 1 aromatic heterocycles. The molecule has 1 aromatic rings. The molecule has 0 saturated carbocycles. The van der Waals surface area contributed by atoms with E-state index in [1.165, 1.54) is 0 Å². The first-order valence-electron chi connectivity index (χ1n) is 5.29. The monoisotopic (exact) mass is 212 g/mol. The number of ether oxygens (including phenoxy) is 1. The van der Waals surface area contributed by atoms with E-state index in [-0.39, 0.29) is 5.54 Å². The Labute approximate surface area is 90.6 Å². The third-order valence-electron chi connectivity index (χ3n) is 2.64. The summed E-state index contributed by atoms with van der Waals surface area (Å²) in [7, 11) is 1.67. The van der Waals surface area contributed by atoms with Crippen LogP contribution in [0.5, 0.6) is 0 Å². The average Bonchev–Trinajstić information content (AvgIpc) is 2.65. The van der Waals surface area contributed by atoms with E-state index in [2.05, 4.69) is 17.0 Å². The molecule has 1 unspecified atom stereocenters. The van der Waals surface area contributed by atoms with Crippen LogP contribution in [0.4, 0.5) is 0 Å². The molecule has 1 rings (SSSR count).